The Morgan fingerprint density at radius 1 is 1.14 bits per heavy atom. The number of carbonyl (C=O) groups excluding carboxylic acids is 1. The first kappa shape index (κ1) is 17.3. The molecular weight excluding hydrogens is 300 g/mol. The van der Waals surface area contributed by atoms with Crippen molar-refractivity contribution in [3.8, 4) is 0 Å². The number of hydrogen-bond acceptors (Lipinski definition) is 3. The Hall–Kier alpha value is -1.10. The third-order valence-corrected chi connectivity index (χ3v) is 5.15. The molecule has 3 rings (SSSR count). The van der Waals surface area contributed by atoms with Crippen molar-refractivity contribution in [2.75, 3.05) is 26.3 Å². The quantitative estimate of drug-likeness (QED) is 0.871. The fourth-order valence-electron chi connectivity index (χ4n) is 3.23. The van der Waals surface area contributed by atoms with E-state index in [1.54, 1.807) is 0 Å². The molecule has 5 heteroatoms. The molecule has 1 saturated carbocycles. The lowest BCUT2D eigenvalue weighted by Gasteiger charge is -2.35. The van der Waals surface area contributed by atoms with Gasteiger partial charge in [0.15, 0.2) is 0 Å². The van der Waals surface area contributed by atoms with E-state index >= 15 is 0 Å². The van der Waals surface area contributed by atoms with Gasteiger partial charge in [-0.15, -0.1) is 12.4 Å². The Bertz CT molecular complexity index is 497. The Balaban J connectivity index is 0.00000176. The second-order valence-electron chi connectivity index (χ2n) is 6.43. The first-order chi connectivity index (χ1) is 10.2. The highest BCUT2D eigenvalue weighted by molar-refractivity contribution is 5.85. The molecule has 2 aliphatic rings. The normalized spacial score (nSPS) is 21.5. The van der Waals surface area contributed by atoms with Gasteiger partial charge in [-0.05, 0) is 31.2 Å². The summed E-state index contributed by atoms with van der Waals surface area (Å²) in [4.78, 5) is 12.6. The fourth-order valence-corrected chi connectivity index (χ4v) is 3.23. The van der Waals surface area contributed by atoms with Gasteiger partial charge in [0, 0.05) is 31.7 Å². The summed E-state index contributed by atoms with van der Waals surface area (Å²) in [6.07, 6.45) is 3.76. The predicted octanol–water partition coefficient (Wildman–Crippen LogP) is 2.01. The van der Waals surface area contributed by atoms with Gasteiger partial charge in [-0.1, -0.05) is 30.3 Å². The van der Waals surface area contributed by atoms with Gasteiger partial charge in [0.1, 0.15) is 0 Å². The van der Waals surface area contributed by atoms with Gasteiger partial charge < -0.3 is 15.8 Å². The van der Waals surface area contributed by atoms with Crippen LogP contribution < -0.4 is 11.1 Å². The van der Waals surface area contributed by atoms with Crippen molar-refractivity contribution >= 4 is 18.3 Å². The second-order valence-corrected chi connectivity index (χ2v) is 6.43. The molecule has 0 aromatic heterocycles. The summed E-state index contributed by atoms with van der Waals surface area (Å²) in [5.74, 6) is 0.107. The predicted molar refractivity (Wildman–Crippen MR) is 89.2 cm³/mol. The van der Waals surface area contributed by atoms with Gasteiger partial charge in [-0.25, -0.2) is 0 Å². The number of rotatable bonds is 5. The van der Waals surface area contributed by atoms with E-state index in [1.165, 1.54) is 5.56 Å². The van der Waals surface area contributed by atoms with E-state index in [4.69, 9.17) is 10.5 Å². The number of amides is 1. The number of ether oxygens (including phenoxy) is 1. The molecule has 1 aliphatic heterocycles. The van der Waals surface area contributed by atoms with Crippen LogP contribution in [0.15, 0.2) is 30.3 Å². The molecule has 1 aliphatic carbocycles. The molecule has 2 fully saturated rings. The average molecular weight is 325 g/mol. The lowest BCUT2D eigenvalue weighted by molar-refractivity contribution is -0.136. The SMILES string of the molecule is Cl.NCC1(C(=O)NCC2(c3ccccc3)CC2)CCOCC1. The molecule has 22 heavy (non-hydrogen) atoms. The van der Waals surface area contributed by atoms with Crippen molar-refractivity contribution in [1.82, 2.24) is 5.32 Å². The topological polar surface area (TPSA) is 64.4 Å². The van der Waals surface area contributed by atoms with Crippen molar-refractivity contribution < 1.29 is 9.53 Å². The summed E-state index contributed by atoms with van der Waals surface area (Å²) in [5, 5.41) is 3.17. The zero-order chi connectivity index (χ0) is 14.8. The standard InChI is InChI=1S/C17H24N2O2.ClH/c18-12-16(8-10-21-11-9-16)15(20)19-13-17(6-7-17)14-4-2-1-3-5-14;/h1-5H,6-13,18H2,(H,19,20);1H. The lowest BCUT2D eigenvalue weighted by Crippen LogP contribution is -2.50. The Kier molecular flexibility index (Phi) is 5.48. The van der Waals surface area contributed by atoms with Crippen LogP contribution in [0.3, 0.4) is 0 Å². The highest BCUT2D eigenvalue weighted by atomic mass is 35.5. The van der Waals surface area contributed by atoms with Crippen LogP contribution in [0.5, 0.6) is 0 Å². The smallest absolute Gasteiger partial charge is 0.227 e. The van der Waals surface area contributed by atoms with Crippen LogP contribution in [0.4, 0.5) is 0 Å². The van der Waals surface area contributed by atoms with Gasteiger partial charge in [0.25, 0.3) is 0 Å². The molecule has 1 aromatic carbocycles. The van der Waals surface area contributed by atoms with Crippen molar-refractivity contribution in [1.29, 1.82) is 0 Å². The molecule has 122 valence electrons. The van der Waals surface area contributed by atoms with Gasteiger partial charge in [0.2, 0.25) is 5.91 Å². The third kappa shape index (κ3) is 3.29. The summed E-state index contributed by atoms with van der Waals surface area (Å²) in [7, 11) is 0. The third-order valence-electron chi connectivity index (χ3n) is 5.15. The summed E-state index contributed by atoms with van der Waals surface area (Å²) < 4.78 is 5.37. The minimum atomic E-state index is -0.426. The van der Waals surface area contributed by atoms with E-state index in [0.29, 0.717) is 19.8 Å². The minimum absolute atomic E-state index is 0. The first-order valence-corrected chi connectivity index (χ1v) is 7.83. The van der Waals surface area contributed by atoms with Crippen LogP contribution in [-0.2, 0) is 14.9 Å². The zero-order valence-electron chi connectivity index (χ0n) is 12.8. The van der Waals surface area contributed by atoms with E-state index in [2.05, 4.69) is 29.6 Å². The lowest BCUT2D eigenvalue weighted by atomic mass is 9.79. The number of nitrogens with two attached hydrogens (primary N) is 1. The van der Waals surface area contributed by atoms with Crippen LogP contribution in [0.1, 0.15) is 31.2 Å². The van der Waals surface area contributed by atoms with E-state index in [-0.39, 0.29) is 23.7 Å². The van der Waals surface area contributed by atoms with E-state index in [9.17, 15) is 4.79 Å². The number of halogens is 1. The minimum Gasteiger partial charge on any atom is -0.381 e. The largest absolute Gasteiger partial charge is 0.381 e. The number of hydrogen-bond donors (Lipinski definition) is 2. The monoisotopic (exact) mass is 324 g/mol. The molecule has 1 saturated heterocycles. The van der Waals surface area contributed by atoms with Crippen LogP contribution in [0, 0.1) is 5.41 Å². The molecule has 3 N–H and O–H groups in total. The van der Waals surface area contributed by atoms with Crippen molar-refractivity contribution in [2.45, 2.75) is 31.1 Å². The number of nitrogens with one attached hydrogen (secondary N) is 1. The molecule has 1 aromatic rings. The van der Waals surface area contributed by atoms with E-state index in [0.717, 1.165) is 32.2 Å². The maximum absolute atomic E-state index is 12.6. The van der Waals surface area contributed by atoms with Gasteiger partial charge in [0.05, 0.1) is 5.41 Å². The molecule has 0 unspecified atom stereocenters. The van der Waals surface area contributed by atoms with Gasteiger partial charge in [-0.3, -0.25) is 4.79 Å². The molecule has 0 spiro atoms. The molecule has 0 bridgehead atoms. The maximum atomic E-state index is 12.6. The average Bonchev–Trinajstić information content (AvgIpc) is 3.35. The summed E-state index contributed by atoms with van der Waals surface area (Å²) >= 11 is 0. The first-order valence-electron chi connectivity index (χ1n) is 7.83. The highest BCUT2D eigenvalue weighted by Gasteiger charge is 2.46. The zero-order valence-corrected chi connectivity index (χ0v) is 13.7. The van der Waals surface area contributed by atoms with Gasteiger partial charge in [-0.2, -0.15) is 0 Å². The molecule has 0 atom stereocenters. The Labute approximate surface area is 138 Å². The Morgan fingerprint density at radius 3 is 2.32 bits per heavy atom. The van der Waals surface area contributed by atoms with Crippen LogP contribution in [-0.4, -0.2) is 32.2 Å². The highest BCUT2D eigenvalue weighted by Crippen LogP contribution is 2.47. The molecule has 4 nitrogen and oxygen atoms in total. The van der Waals surface area contributed by atoms with Crippen molar-refractivity contribution in [3.05, 3.63) is 35.9 Å². The summed E-state index contributed by atoms with van der Waals surface area (Å²) in [5.41, 5.74) is 6.95. The summed E-state index contributed by atoms with van der Waals surface area (Å²) in [6.45, 7) is 2.39. The van der Waals surface area contributed by atoms with E-state index in [1.807, 2.05) is 6.07 Å². The van der Waals surface area contributed by atoms with Gasteiger partial charge >= 0.3 is 0 Å². The van der Waals surface area contributed by atoms with E-state index < -0.39 is 5.41 Å². The second kappa shape index (κ2) is 6.99. The molecular formula is C17H25ClN2O2. The van der Waals surface area contributed by atoms with Crippen molar-refractivity contribution in [3.63, 3.8) is 0 Å². The summed E-state index contributed by atoms with van der Waals surface area (Å²) in [6, 6.07) is 10.5. The van der Waals surface area contributed by atoms with Crippen molar-refractivity contribution in [2.24, 2.45) is 11.1 Å². The molecule has 1 amide bonds. The maximum Gasteiger partial charge on any atom is 0.227 e. The molecule has 0 radical (unpaired) electrons. The number of benzene rings is 1. The van der Waals surface area contributed by atoms with Crippen LogP contribution in [0.2, 0.25) is 0 Å². The number of carbonyl (C=O) groups is 1. The Morgan fingerprint density at radius 2 is 1.77 bits per heavy atom. The van der Waals surface area contributed by atoms with Crippen LogP contribution >= 0.6 is 12.4 Å². The fraction of sp³-hybridized carbons (Fsp3) is 0.588. The van der Waals surface area contributed by atoms with Crippen LogP contribution in [0.25, 0.3) is 0 Å². The molecule has 1 heterocycles.